The first-order chi connectivity index (χ1) is 11.0. The Bertz CT molecular complexity index is 785. The summed E-state index contributed by atoms with van der Waals surface area (Å²) in [6.45, 7) is 1.92. The molecule has 0 fully saturated rings. The molecule has 0 bridgehead atoms. The molecule has 2 aromatic rings. The number of nitriles is 1. The highest BCUT2D eigenvalue weighted by Crippen LogP contribution is 2.21. The van der Waals surface area contributed by atoms with E-state index in [1.807, 2.05) is 31.2 Å². The van der Waals surface area contributed by atoms with Crippen molar-refractivity contribution < 1.29 is 4.79 Å². The molecule has 1 atom stereocenters. The Kier molecular flexibility index (Phi) is 5.69. The summed E-state index contributed by atoms with van der Waals surface area (Å²) in [5.41, 5.74) is 2.19. The molecular weight excluding hydrogens is 330 g/mol. The van der Waals surface area contributed by atoms with E-state index in [9.17, 15) is 10.1 Å². The fraction of sp³-hybridized carbons (Fsp3) is 0.118. The average molecular weight is 344 g/mol. The predicted molar refractivity (Wildman–Crippen MR) is 96.6 cm³/mol. The van der Waals surface area contributed by atoms with Crippen LogP contribution in [-0.4, -0.2) is 10.9 Å². The monoisotopic (exact) mass is 343 g/mol. The molecule has 0 saturated carbocycles. The molecule has 0 aliphatic rings. The van der Waals surface area contributed by atoms with Crippen LogP contribution in [0.1, 0.15) is 5.56 Å². The lowest BCUT2D eigenvalue weighted by Crippen LogP contribution is -2.31. The third-order valence-electron chi connectivity index (χ3n) is 3.07. The minimum absolute atomic E-state index is 0.103. The van der Waals surface area contributed by atoms with Gasteiger partial charge in [0.25, 0.3) is 0 Å². The Morgan fingerprint density at radius 1 is 1.22 bits per heavy atom. The summed E-state index contributed by atoms with van der Waals surface area (Å²) in [6, 6.07) is 16.2. The van der Waals surface area contributed by atoms with E-state index in [2.05, 4.69) is 10.6 Å². The Morgan fingerprint density at radius 2 is 1.96 bits per heavy atom. The van der Waals surface area contributed by atoms with Crippen LogP contribution in [0.5, 0.6) is 0 Å². The molecule has 0 aliphatic heterocycles. The third kappa shape index (κ3) is 4.52. The van der Waals surface area contributed by atoms with Crippen molar-refractivity contribution in [3.63, 3.8) is 0 Å². The highest BCUT2D eigenvalue weighted by Gasteiger charge is 2.23. The van der Waals surface area contributed by atoms with Gasteiger partial charge in [-0.25, -0.2) is 0 Å². The van der Waals surface area contributed by atoms with Gasteiger partial charge in [-0.05, 0) is 36.8 Å². The van der Waals surface area contributed by atoms with Crippen LogP contribution in [0.2, 0.25) is 5.02 Å². The summed E-state index contributed by atoms with van der Waals surface area (Å²) in [5.74, 6) is -1.59. The second kappa shape index (κ2) is 7.73. The Balaban J connectivity index is 2.09. The minimum atomic E-state index is -1.11. The zero-order valence-corrected chi connectivity index (χ0v) is 13.9. The van der Waals surface area contributed by atoms with E-state index in [1.54, 1.807) is 30.3 Å². The van der Waals surface area contributed by atoms with Gasteiger partial charge in [0.15, 0.2) is 5.92 Å². The Morgan fingerprint density at radius 3 is 2.61 bits per heavy atom. The number of aryl methyl sites for hydroxylation is 1. The van der Waals surface area contributed by atoms with E-state index >= 15 is 0 Å². The van der Waals surface area contributed by atoms with Crippen molar-refractivity contribution in [1.29, 1.82) is 5.26 Å². The normalized spacial score (nSPS) is 11.2. The quantitative estimate of drug-likeness (QED) is 0.818. The van der Waals surface area contributed by atoms with Gasteiger partial charge in [0.05, 0.1) is 16.8 Å². The van der Waals surface area contributed by atoms with Gasteiger partial charge < -0.3 is 10.6 Å². The highest BCUT2D eigenvalue weighted by atomic mass is 35.5. The molecule has 0 radical (unpaired) electrons. The third-order valence-corrected chi connectivity index (χ3v) is 3.74. The number of carbonyl (C=O) groups excluding carboxylic acids is 1. The fourth-order valence-electron chi connectivity index (χ4n) is 1.94. The zero-order chi connectivity index (χ0) is 16.8. The molecule has 0 heterocycles. The maximum atomic E-state index is 12.3. The van der Waals surface area contributed by atoms with Crippen LogP contribution in [0, 0.1) is 24.2 Å². The number of amides is 1. The number of hydrogen-bond acceptors (Lipinski definition) is 3. The number of hydrogen-bond donors (Lipinski definition) is 2. The smallest absolute Gasteiger partial charge is 0.248 e. The molecular formula is C17H14ClN3OS. The maximum absolute atomic E-state index is 12.3. The van der Waals surface area contributed by atoms with Gasteiger partial charge in [0, 0.05) is 5.69 Å². The van der Waals surface area contributed by atoms with Gasteiger partial charge in [-0.15, -0.1) is 0 Å². The maximum Gasteiger partial charge on any atom is 0.248 e. The summed E-state index contributed by atoms with van der Waals surface area (Å²) in [7, 11) is 0. The number of halogens is 1. The van der Waals surface area contributed by atoms with E-state index in [0.717, 1.165) is 5.56 Å². The molecule has 2 N–H and O–H groups in total. The van der Waals surface area contributed by atoms with Gasteiger partial charge in [0.2, 0.25) is 5.91 Å². The average Bonchev–Trinajstić information content (AvgIpc) is 2.50. The van der Waals surface area contributed by atoms with Gasteiger partial charge in [0.1, 0.15) is 4.99 Å². The number of carbonyl (C=O) groups is 1. The van der Waals surface area contributed by atoms with Crippen LogP contribution in [-0.2, 0) is 4.79 Å². The molecule has 116 valence electrons. The SMILES string of the molecule is Cc1cccc(NC(=O)C(C#N)C(=S)Nc2ccccc2Cl)c1. The van der Waals surface area contributed by atoms with Crippen molar-refractivity contribution in [3.8, 4) is 6.07 Å². The van der Waals surface area contributed by atoms with Crippen molar-refractivity contribution in [2.75, 3.05) is 10.6 Å². The van der Waals surface area contributed by atoms with Crippen LogP contribution in [0.3, 0.4) is 0 Å². The predicted octanol–water partition coefficient (Wildman–Crippen LogP) is 4.17. The zero-order valence-electron chi connectivity index (χ0n) is 12.3. The molecule has 1 unspecified atom stereocenters. The minimum Gasteiger partial charge on any atom is -0.347 e. The number of thiocarbonyl (C=S) groups is 1. The van der Waals surface area contributed by atoms with E-state index in [0.29, 0.717) is 16.4 Å². The summed E-state index contributed by atoms with van der Waals surface area (Å²) >= 11 is 11.2. The van der Waals surface area contributed by atoms with Crippen molar-refractivity contribution in [1.82, 2.24) is 0 Å². The summed E-state index contributed by atoms with van der Waals surface area (Å²) in [5, 5.41) is 15.3. The first-order valence-electron chi connectivity index (χ1n) is 6.84. The number of anilines is 2. The van der Waals surface area contributed by atoms with Crippen LogP contribution in [0.25, 0.3) is 0 Å². The molecule has 2 aromatic carbocycles. The number of nitrogens with zero attached hydrogens (tertiary/aromatic N) is 1. The van der Waals surface area contributed by atoms with Crippen LogP contribution < -0.4 is 10.6 Å². The standard InChI is InChI=1S/C17H14ClN3OS/c1-11-5-4-6-12(9-11)20-16(22)13(10-19)17(23)21-15-8-3-2-7-14(15)18/h2-9,13H,1H3,(H,20,22)(H,21,23). The van der Waals surface area contributed by atoms with Crippen LogP contribution >= 0.6 is 23.8 Å². The molecule has 23 heavy (non-hydrogen) atoms. The molecule has 0 spiro atoms. The summed E-state index contributed by atoms with van der Waals surface area (Å²) < 4.78 is 0. The fourth-order valence-corrected chi connectivity index (χ4v) is 2.39. The second-order valence-corrected chi connectivity index (χ2v) is 5.74. The number of rotatable bonds is 4. The molecule has 4 nitrogen and oxygen atoms in total. The van der Waals surface area contributed by atoms with Crippen molar-refractivity contribution in [2.45, 2.75) is 6.92 Å². The molecule has 6 heteroatoms. The molecule has 0 aliphatic carbocycles. The first kappa shape index (κ1) is 16.9. The van der Waals surface area contributed by atoms with E-state index in [1.165, 1.54) is 0 Å². The topological polar surface area (TPSA) is 64.9 Å². The lowest BCUT2D eigenvalue weighted by molar-refractivity contribution is -0.116. The van der Waals surface area contributed by atoms with Crippen LogP contribution in [0.15, 0.2) is 48.5 Å². The van der Waals surface area contributed by atoms with Gasteiger partial charge in [-0.3, -0.25) is 4.79 Å². The number of nitrogens with one attached hydrogen (secondary N) is 2. The molecule has 0 saturated heterocycles. The van der Waals surface area contributed by atoms with Crippen molar-refractivity contribution in [3.05, 3.63) is 59.1 Å². The van der Waals surface area contributed by atoms with Crippen molar-refractivity contribution >= 4 is 46.1 Å². The van der Waals surface area contributed by atoms with Gasteiger partial charge in [-0.1, -0.05) is 48.1 Å². The number of benzene rings is 2. The van der Waals surface area contributed by atoms with Crippen LogP contribution in [0.4, 0.5) is 11.4 Å². The highest BCUT2D eigenvalue weighted by molar-refractivity contribution is 7.80. The summed E-state index contributed by atoms with van der Waals surface area (Å²) in [6.07, 6.45) is 0. The van der Waals surface area contributed by atoms with E-state index in [4.69, 9.17) is 23.8 Å². The van der Waals surface area contributed by atoms with Gasteiger partial charge in [-0.2, -0.15) is 5.26 Å². The number of para-hydroxylation sites is 1. The Labute approximate surface area is 145 Å². The second-order valence-electron chi connectivity index (χ2n) is 4.89. The molecule has 2 rings (SSSR count). The van der Waals surface area contributed by atoms with E-state index < -0.39 is 11.8 Å². The lowest BCUT2D eigenvalue weighted by atomic mass is 10.1. The first-order valence-corrected chi connectivity index (χ1v) is 7.62. The summed E-state index contributed by atoms with van der Waals surface area (Å²) in [4.78, 5) is 12.4. The van der Waals surface area contributed by atoms with Gasteiger partial charge >= 0.3 is 0 Å². The Hall–Kier alpha value is -2.42. The van der Waals surface area contributed by atoms with Crippen molar-refractivity contribution in [2.24, 2.45) is 5.92 Å². The lowest BCUT2D eigenvalue weighted by Gasteiger charge is -2.14. The molecule has 0 aromatic heterocycles. The largest absolute Gasteiger partial charge is 0.347 e. The van der Waals surface area contributed by atoms with E-state index in [-0.39, 0.29) is 4.99 Å². The molecule has 1 amide bonds.